The first kappa shape index (κ1) is 20.6. The Bertz CT molecular complexity index is 654. The second-order valence-corrected chi connectivity index (χ2v) is 8.53. The summed E-state index contributed by atoms with van der Waals surface area (Å²) in [6.45, 7) is 14.2. The summed E-state index contributed by atoms with van der Waals surface area (Å²) in [6.07, 6.45) is 0.998. The van der Waals surface area contributed by atoms with Crippen LogP contribution in [-0.4, -0.2) is 59.1 Å². The average Bonchev–Trinajstić information content (AvgIpc) is 2.74. The van der Waals surface area contributed by atoms with Crippen LogP contribution in [0.1, 0.15) is 38.3 Å². The molecule has 26 heavy (non-hydrogen) atoms. The first-order chi connectivity index (χ1) is 12.1. The Morgan fingerprint density at radius 3 is 2.50 bits per heavy atom. The Hall–Kier alpha value is -1.66. The van der Waals surface area contributed by atoms with E-state index >= 15 is 0 Å². The average molecular weight is 377 g/mol. The van der Waals surface area contributed by atoms with Crippen LogP contribution in [0.2, 0.25) is 0 Å². The second-order valence-electron chi connectivity index (χ2n) is 8.14. The molecule has 0 atom stereocenters. The van der Waals surface area contributed by atoms with Gasteiger partial charge in [-0.2, -0.15) is 0 Å². The van der Waals surface area contributed by atoms with Crippen molar-refractivity contribution in [2.24, 2.45) is 0 Å². The summed E-state index contributed by atoms with van der Waals surface area (Å²) in [7, 11) is 0. The van der Waals surface area contributed by atoms with E-state index in [1.54, 1.807) is 0 Å². The van der Waals surface area contributed by atoms with Crippen LogP contribution in [0.25, 0.3) is 0 Å². The molecule has 1 fully saturated rings. The maximum atomic E-state index is 12.2. The lowest BCUT2D eigenvalue weighted by Crippen LogP contribution is -2.46. The second kappa shape index (κ2) is 8.82. The molecule has 0 saturated carbocycles. The number of nitrogens with zero attached hydrogens (tertiary/aromatic N) is 2. The van der Waals surface area contributed by atoms with E-state index in [0.29, 0.717) is 6.54 Å². The van der Waals surface area contributed by atoms with Crippen LogP contribution in [-0.2, 0) is 4.79 Å². The number of amides is 1. The molecule has 1 aromatic carbocycles. The van der Waals surface area contributed by atoms with Gasteiger partial charge in [-0.3, -0.25) is 9.69 Å². The highest BCUT2D eigenvalue weighted by Gasteiger charge is 2.20. The van der Waals surface area contributed by atoms with E-state index in [2.05, 4.69) is 52.5 Å². The number of aryl methyl sites for hydroxylation is 2. The van der Waals surface area contributed by atoms with Crippen LogP contribution < -0.4 is 10.6 Å². The third-order valence-electron chi connectivity index (χ3n) is 4.52. The van der Waals surface area contributed by atoms with E-state index in [-0.39, 0.29) is 11.4 Å². The van der Waals surface area contributed by atoms with Gasteiger partial charge in [0.2, 0.25) is 5.91 Å². The monoisotopic (exact) mass is 376 g/mol. The molecule has 0 spiro atoms. The van der Waals surface area contributed by atoms with Crippen molar-refractivity contribution < 1.29 is 4.79 Å². The maximum absolute atomic E-state index is 12.2. The Morgan fingerprint density at radius 2 is 1.85 bits per heavy atom. The molecule has 0 aromatic heterocycles. The molecule has 1 aliphatic rings. The predicted molar refractivity (Wildman–Crippen MR) is 113 cm³/mol. The smallest absolute Gasteiger partial charge is 0.234 e. The van der Waals surface area contributed by atoms with E-state index < -0.39 is 0 Å². The van der Waals surface area contributed by atoms with Crippen molar-refractivity contribution in [3.05, 3.63) is 29.3 Å². The van der Waals surface area contributed by atoms with E-state index in [1.165, 1.54) is 11.1 Å². The molecule has 1 heterocycles. The van der Waals surface area contributed by atoms with E-state index in [0.717, 1.165) is 43.4 Å². The van der Waals surface area contributed by atoms with E-state index in [4.69, 9.17) is 12.2 Å². The fourth-order valence-corrected chi connectivity index (χ4v) is 3.32. The summed E-state index contributed by atoms with van der Waals surface area (Å²) in [5, 5.41) is 7.14. The standard InChI is InChI=1S/C20H32N4OS/c1-15-7-8-17(13-16(15)2)21-19(26)24-10-6-9-23(11-12-24)14-18(25)22-20(3,4)5/h7-8,13H,6,9-12,14H2,1-5H3,(H,21,26)(H,22,25). The molecule has 0 bridgehead atoms. The molecule has 0 unspecified atom stereocenters. The summed E-state index contributed by atoms with van der Waals surface area (Å²) in [5.74, 6) is 0.0850. The predicted octanol–water partition coefficient (Wildman–Crippen LogP) is 2.92. The lowest BCUT2D eigenvalue weighted by Gasteiger charge is -2.26. The molecule has 1 aliphatic heterocycles. The molecular weight excluding hydrogens is 344 g/mol. The van der Waals surface area contributed by atoms with Gasteiger partial charge in [-0.25, -0.2) is 0 Å². The van der Waals surface area contributed by atoms with Gasteiger partial charge in [0.25, 0.3) is 0 Å². The van der Waals surface area contributed by atoms with Crippen molar-refractivity contribution in [2.75, 3.05) is 38.0 Å². The molecule has 5 nitrogen and oxygen atoms in total. The molecule has 2 N–H and O–H groups in total. The Labute approximate surface area is 163 Å². The van der Waals surface area contributed by atoms with Gasteiger partial charge >= 0.3 is 0 Å². The van der Waals surface area contributed by atoms with Gasteiger partial charge in [0.05, 0.1) is 6.54 Å². The minimum Gasteiger partial charge on any atom is -0.350 e. The Balaban J connectivity index is 1.86. The van der Waals surface area contributed by atoms with Crippen LogP contribution in [0.5, 0.6) is 0 Å². The number of thiocarbonyl (C=S) groups is 1. The van der Waals surface area contributed by atoms with Crippen LogP contribution in [0.3, 0.4) is 0 Å². The minimum atomic E-state index is -0.188. The summed E-state index contributed by atoms with van der Waals surface area (Å²) in [4.78, 5) is 16.6. The summed E-state index contributed by atoms with van der Waals surface area (Å²) in [6, 6.07) is 6.30. The fraction of sp³-hybridized carbons (Fsp3) is 0.600. The van der Waals surface area contributed by atoms with Gasteiger partial charge < -0.3 is 15.5 Å². The number of hydrogen-bond donors (Lipinski definition) is 2. The van der Waals surface area contributed by atoms with Crippen LogP contribution in [0.4, 0.5) is 5.69 Å². The number of nitrogens with one attached hydrogen (secondary N) is 2. The number of carbonyl (C=O) groups is 1. The van der Waals surface area contributed by atoms with Crippen molar-refractivity contribution in [3.8, 4) is 0 Å². The number of rotatable bonds is 3. The highest BCUT2D eigenvalue weighted by atomic mass is 32.1. The first-order valence-corrected chi connectivity index (χ1v) is 9.71. The van der Waals surface area contributed by atoms with Gasteiger partial charge in [-0.1, -0.05) is 6.07 Å². The molecule has 1 saturated heterocycles. The minimum absolute atomic E-state index is 0.0850. The highest BCUT2D eigenvalue weighted by molar-refractivity contribution is 7.80. The van der Waals surface area contributed by atoms with E-state index in [9.17, 15) is 4.79 Å². The van der Waals surface area contributed by atoms with Gasteiger partial charge in [-0.05, 0) is 76.5 Å². The first-order valence-electron chi connectivity index (χ1n) is 9.30. The normalized spacial score (nSPS) is 16.1. The zero-order chi connectivity index (χ0) is 19.3. The van der Waals surface area contributed by atoms with Crippen LogP contribution in [0.15, 0.2) is 18.2 Å². The third-order valence-corrected chi connectivity index (χ3v) is 4.88. The molecule has 0 aliphatic carbocycles. The summed E-state index contributed by atoms with van der Waals surface area (Å²) in [5.41, 5.74) is 3.38. The Kier molecular flexibility index (Phi) is 7.01. The zero-order valence-electron chi connectivity index (χ0n) is 16.7. The van der Waals surface area contributed by atoms with Gasteiger partial charge in [0, 0.05) is 37.4 Å². The number of benzene rings is 1. The summed E-state index contributed by atoms with van der Waals surface area (Å²) < 4.78 is 0. The van der Waals surface area contributed by atoms with Crippen molar-refractivity contribution >= 4 is 28.9 Å². The number of hydrogen-bond acceptors (Lipinski definition) is 3. The largest absolute Gasteiger partial charge is 0.350 e. The van der Waals surface area contributed by atoms with Gasteiger partial charge in [-0.15, -0.1) is 0 Å². The maximum Gasteiger partial charge on any atom is 0.234 e. The van der Waals surface area contributed by atoms with Crippen LogP contribution >= 0.6 is 12.2 Å². The highest BCUT2D eigenvalue weighted by Crippen LogP contribution is 2.15. The molecule has 144 valence electrons. The van der Waals surface area contributed by atoms with Crippen molar-refractivity contribution in [2.45, 2.75) is 46.6 Å². The van der Waals surface area contributed by atoms with Gasteiger partial charge in [0.1, 0.15) is 0 Å². The quantitative estimate of drug-likeness (QED) is 0.795. The van der Waals surface area contributed by atoms with Crippen molar-refractivity contribution in [1.29, 1.82) is 0 Å². The SMILES string of the molecule is Cc1ccc(NC(=S)N2CCCN(CC(=O)NC(C)(C)C)CC2)cc1C. The lowest BCUT2D eigenvalue weighted by atomic mass is 10.1. The molecular formula is C20H32N4OS. The van der Waals surface area contributed by atoms with Gasteiger partial charge in [0.15, 0.2) is 5.11 Å². The molecule has 0 radical (unpaired) electrons. The van der Waals surface area contributed by atoms with Crippen molar-refractivity contribution in [3.63, 3.8) is 0 Å². The fourth-order valence-electron chi connectivity index (χ4n) is 3.01. The van der Waals surface area contributed by atoms with E-state index in [1.807, 2.05) is 20.8 Å². The number of anilines is 1. The molecule has 1 aromatic rings. The zero-order valence-corrected chi connectivity index (χ0v) is 17.5. The Morgan fingerprint density at radius 1 is 1.12 bits per heavy atom. The molecule has 1 amide bonds. The lowest BCUT2D eigenvalue weighted by molar-refractivity contribution is -0.123. The molecule has 2 rings (SSSR count). The summed E-state index contributed by atoms with van der Waals surface area (Å²) >= 11 is 5.61. The van der Waals surface area contributed by atoms with Crippen molar-refractivity contribution in [1.82, 2.24) is 15.1 Å². The third kappa shape index (κ3) is 6.57. The topological polar surface area (TPSA) is 47.6 Å². The van der Waals surface area contributed by atoms with Crippen LogP contribution in [0, 0.1) is 13.8 Å². The molecule has 6 heteroatoms. The number of carbonyl (C=O) groups excluding carboxylic acids is 1.